The molecule has 29 heavy (non-hydrogen) atoms. The SMILES string of the molecule is CCC(C(=O)Nc1cccc([N+](=O)[O-])c1C)N(c1cc(Cl)ccc1C)S(C)(=O)=O. The smallest absolute Gasteiger partial charge is 0.274 e. The minimum absolute atomic E-state index is 0.137. The van der Waals surface area contributed by atoms with Crippen molar-refractivity contribution in [2.24, 2.45) is 0 Å². The quantitative estimate of drug-likeness (QED) is 0.517. The zero-order valence-corrected chi connectivity index (χ0v) is 18.0. The zero-order chi connectivity index (χ0) is 21.9. The van der Waals surface area contributed by atoms with Gasteiger partial charge >= 0.3 is 0 Å². The Balaban J connectivity index is 2.49. The van der Waals surface area contributed by atoms with Gasteiger partial charge in [0.05, 0.1) is 28.1 Å². The lowest BCUT2D eigenvalue weighted by Crippen LogP contribution is -2.47. The molecule has 10 heteroatoms. The molecule has 0 spiro atoms. The molecule has 1 amide bonds. The molecule has 2 aromatic carbocycles. The summed E-state index contributed by atoms with van der Waals surface area (Å²) in [5.41, 5.74) is 1.33. The van der Waals surface area contributed by atoms with E-state index < -0.39 is 26.9 Å². The first-order chi connectivity index (χ1) is 13.5. The number of carbonyl (C=O) groups excluding carboxylic acids is 1. The standard InChI is InChI=1S/C19H22ClN3O5S/c1-5-16(19(24)21-15-7-6-8-17(13(15)3)23(25)26)22(29(4,27)28)18-11-14(20)10-9-12(18)2/h6-11,16H,5H2,1-4H3,(H,21,24). The van der Waals surface area contributed by atoms with Gasteiger partial charge in [0.2, 0.25) is 15.9 Å². The molecular formula is C19H22ClN3O5S. The van der Waals surface area contributed by atoms with Gasteiger partial charge in [-0.1, -0.05) is 30.7 Å². The fourth-order valence-electron chi connectivity index (χ4n) is 3.03. The minimum Gasteiger partial charge on any atom is -0.324 e. The highest BCUT2D eigenvalue weighted by molar-refractivity contribution is 7.92. The zero-order valence-electron chi connectivity index (χ0n) is 16.5. The first kappa shape index (κ1) is 22.6. The molecule has 2 aromatic rings. The highest BCUT2D eigenvalue weighted by atomic mass is 35.5. The fraction of sp³-hybridized carbons (Fsp3) is 0.316. The van der Waals surface area contributed by atoms with Gasteiger partial charge < -0.3 is 5.32 Å². The Morgan fingerprint density at radius 3 is 2.48 bits per heavy atom. The second-order valence-corrected chi connectivity index (χ2v) is 8.91. The van der Waals surface area contributed by atoms with E-state index in [0.29, 0.717) is 16.3 Å². The molecule has 1 atom stereocenters. The molecule has 0 aliphatic carbocycles. The molecule has 0 saturated heterocycles. The predicted octanol–water partition coefficient (Wildman–Crippen LogP) is 4.05. The van der Waals surface area contributed by atoms with Gasteiger partial charge in [-0.15, -0.1) is 0 Å². The maximum atomic E-state index is 13.0. The predicted molar refractivity (Wildman–Crippen MR) is 114 cm³/mol. The number of aryl methyl sites for hydroxylation is 1. The lowest BCUT2D eigenvalue weighted by atomic mass is 10.1. The van der Waals surface area contributed by atoms with Crippen LogP contribution in [0.2, 0.25) is 5.02 Å². The van der Waals surface area contributed by atoms with Crippen molar-refractivity contribution in [3.8, 4) is 0 Å². The molecule has 156 valence electrons. The normalized spacial score (nSPS) is 12.3. The molecule has 8 nitrogen and oxygen atoms in total. The summed E-state index contributed by atoms with van der Waals surface area (Å²) in [7, 11) is -3.83. The molecule has 1 unspecified atom stereocenters. The molecular weight excluding hydrogens is 418 g/mol. The van der Waals surface area contributed by atoms with Crippen molar-refractivity contribution in [3.05, 3.63) is 62.7 Å². The van der Waals surface area contributed by atoms with E-state index in [1.807, 2.05) is 0 Å². The van der Waals surface area contributed by atoms with E-state index in [-0.39, 0.29) is 23.4 Å². The largest absolute Gasteiger partial charge is 0.324 e. The minimum atomic E-state index is -3.83. The van der Waals surface area contributed by atoms with Crippen molar-refractivity contribution in [1.29, 1.82) is 0 Å². The number of hydrogen-bond donors (Lipinski definition) is 1. The summed E-state index contributed by atoms with van der Waals surface area (Å²) in [6.07, 6.45) is 1.20. The maximum Gasteiger partial charge on any atom is 0.274 e. The van der Waals surface area contributed by atoms with Crippen molar-refractivity contribution in [3.63, 3.8) is 0 Å². The summed E-state index contributed by atoms with van der Waals surface area (Å²) in [6, 6.07) is 8.05. The van der Waals surface area contributed by atoms with Gasteiger partial charge in [-0.2, -0.15) is 0 Å². The molecule has 0 saturated carbocycles. The van der Waals surface area contributed by atoms with Gasteiger partial charge in [-0.3, -0.25) is 19.2 Å². The van der Waals surface area contributed by atoms with E-state index in [4.69, 9.17) is 11.6 Å². The second-order valence-electron chi connectivity index (χ2n) is 6.61. The number of hydrogen-bond acceptors (Lipinski definition) is 5. The first-order valence-corrected chi connectivity index (χ1v) is 11.0. The van der Waals surface area contributed by atoms with Crippen molar-refractivity contribution < 1.29 is 18.1 Å². The Morgan fingerprint density at radius 1 is 1.28 bits per heavy atom. The van der Waals surface area contributed by atoms with Crippen LogP contribution in [0.5, 0.6) is 0 Å². The van der Waals surface area contributed by atoms with Crippen LogP contribution >= 0.6 is 11.6 Å². The number of anilines is 2. The van der Waals surface area contributed by atoms with E-state index in [9.17, 15) is 23.3 Å². The number of carbonyl (C=O) groups is 1. The third-order valence-electron chi connectivity index (χ3n) is 4.50. The maximum absolute atomic E-state index is 13.0. The Hall–Kier alpha value is -2.65. The third kappa shape index (κ3) is 5.04. The molecule has 2 rings (SSSR count). The average molecular weight is 440 g/mol. The van der Waals surface area contributed by atoms with Crippen LogP contribution in [0.1, 0.15) is 24.5 Å². The van der Waals surface area contributed by atoms with Crippen molar-refractivity contribution in [2.45, 2.75) is 33.2 Å². The Morgan fingerprint density at radius 2 is 1.93 bits per heavy atom. The topological polar surface area (TPSA) is 110 Å². The van der Waals surface area contributed by atoms with Crippen LogP contribution in [-0.4, -0.2) is 31.5 Å². The fourth-order valence-corrected chi connectivity index (χ4v) is 4.46. The average Bonchev–Trinajstić information content (AvgIpc) is 2.62. The number of sulfonamides is 1. The van der Waals surface area contributed by atoms with Crippen LogP contribution in [0, 0.1) is 24.0 Å². The van der Waals surface area contributed by atoms with E-state index in [1.54, 1.807) is 26.0 Å². The van der Waals surface area contributed by atoms with Gasteiger partial charge in [0, 0.05) is 11.1 Å². The summed E-state index contributed by atoms with van der Waals surface area (Å²) >= 11 is 6.05. The Kier molecular flexibility index (Phi) is 6.86. The van der Waals surface area contributed by atoms with Gasteiger partial charge in [-0.25, -0.2) is 8.42 Å². The molecule has 0 aliphatic rings. The summed E-state index contributed by atoms with van der Waals surface area (Å²) in [5, 5.41) is 14.1. The van der Waals surface area contributed by atoms with Gasteiger partial charge in [0.1, 0.15) is 6.04 Å². The molecule has 0 heterocycles. The number of nitrogens with one attached hydrogen (secondary N) is 1. The highest BCUT2D eigenvalue weighted by Crippen LogP contribution is 2.30. The van der Waals surface area contributed by atoms with Crippen molar-refractivity contribution in [1.82, 2.24) is 0 Å². The molecule has 0 bridgehead atoms. The van der Waals surface area contributed by atoms with Gasteiger partial charge in [0.25, 0.3) is 5.69 Å². The third-order valence-corrected chi connectivity index (χ3v) is 5.90. The first-order valence-electron chi connectivity index (χ1n) is 8.77. The van der Waals surface area contributed by atoms with E-state index in [1.165, 1.54) is 31.2 Å². The number of nitro groups is 1. The molecule has 1 N–H and O–H groups in total. The summed E-state index contributed by atoms with van der Waals surface area (Å²) in [4.78, 5) is 23.6. The highest BCUT2D eigenvalue weighted by Gasteiger charge is 2.33. The number of nitro benzene ring substituents is 1. The number of amides is 1. The molecule has 0 aromatic heterocycles. The number of halogens is 1. The second kappa shape index (κ2) is 8.79. The summed E-state index contributed by atoms with van der Waals surface area (Å²) in [5.74, 6) is -0.596. The van der Waals surface area contributed by atoms with E-state index in [2.05, 4.69) is 5.32 Å². The van der Waals surface area contributed by atoms with E-state index in [0.717, 1.165) is 10.6 Å². The Bertz CT molecular complexity index is 1060. The molecule has 0 radical (unpaired) electrons. The van der Waals surface area contributed by atoms with Crippen LogP contribution in [0.3, 0.4) is 0 Å². The van der Waals surface area contributed by atoms with Crippen LogP contribution in [-0.2, 0) is 14.8 Å². The van der Waals surface area contributed by atoms with E-state index >= 15 is 0 Å². The van der Waals surface area contributed by atoms with Crippen LogP contribution in [0.4, 0.5) is 17.1 Å². The van der Waals surface area contributed by atoms with Crippen LogP contribution in [0.15, 0.2) is 36.4 Å². The molecule has 0 fully saturated rings. The lowest BCUT2D eigenvalue weighted by molar-refractivity contribution is -0.385. The van der Waals surface area contributed by atoms with Gasteiger partial charge in [-0.05, 0) is 44.0 Å². The van der Waals surface area contributed by atoms with Crippen molar-refractivity contribution in [2.75, 3.05) is 15.9 Å². The van der Waals surface area contributed by atoms with Crippen LogP contribution in [0.25, 0.3) is 0 Å². The van der Waals surface area contributed by atoms with Crippen molar-refractivity contribution >= 4 is 44.6 Å². The summed E-state index contributed by atoms with van der Waals surface area (Å²) in [6.45, 7) is 4.92. The van der Waals surface area contributed by atoms with Gasteiger partial charge in [0.15, 0.2) is 0 Å². The summed E-state index contributed by atoms with van der Waals surface area (Å²) < 4.78 is 26.2. The Labute approximate surface area is 174 Å². The number of benzene rings is 2. The number of rotatable bonds is 7. The number of nitrogens with zero attached hydrogens (tertiary/aromatic N) is 2. The monoisotopic (exact) mass is 439 g/mol. The molecule has 0 aliphatic heterocycles. The lowest BCUT2D eigenvalue weighted by Gasteiger charge is -2.31. The van der Waals surface area contributed by atoms with Crippen LogP contribution < -0.4 is 9.62 Å².